The quantitative estimate of drug-likeness (QED) is 0.543. The van der Waals surface area contributed by atoms with Crippen LogP contribution in [0.2, 0.25) is 5.54 Å². The number of hydrogen-bond donors (Lipinski definition) is 0. The highest BCUT2D eigenvalue weighted by atomic mass is 28.3. The second-order valence-corrected chi connectivity index (χ2v) is 6.67. The van der Waals surface area contributed by atoms with Gasteiger partial charge in [0.15, 0.2) is 0 Å². The highest BCUT2D eigenvalue weighted by molar-refractivity contribution is 6.36. The summed E-state index contributed by atoms with van der Waals surface area (Å²) in [4.78, 5) is 0. The van der Waals surface area contributed by atoms with E-state index in [0.29, 0.717) is 0 Å². The van der Waals surface area contributed by atoms with E-state index in [1.807, 2.05) is 0 Å². The monoisotopic (exact) mass is 176 g/mol. The second kappa shape index (κ2) is 7.50. The van der Waals surface area contributed by atoms with Gasteiger partial charge in [0, 0.05) is 0 Å². The van der Waals surface area contributed by atoms with Gasteiger partial charge in [-0.15, -0.1) is 0 Å². The first-order chi connectivity index (χ1) is 4.85. The lowest BCUT2D eigenvalue weighted by Crippen LogP contribution is -2.05. The van der Waals surface area contributed by atoms with Crippen molar-refractivity contribution in [3.8, 4) is 0 Å². The van der Waals surface area contributed by atoms with Crippen molar-refractivity contribution in [1.29, 1.82) is 0 Å². The average Bonchev–Trinajstić information content (AvgIpc) is 1.98. The summed E-state index contributed by atoms with van der Waals surface area (Å²) in [5.74, 6) is 0. The molecule has 0 N–H and O–H groups in total. The molecule has 0 aromatic rings. The first kappa shape index (κ1) is 10.4. The number of unbranched alkanes of at least 4 members (excludes halogenated alkanes) is 1. The molecule has 0 aliphatic carbocycles. The second-order valence-electron chi connectivity index (χ2n) is 2.87. The predicted octanol–water partition coefficient (Wildman–Crippen LogP) is 0.756. The van der Waals surface area contributed by atoms with E-state index in [-0.39, 0.29) is 9.76 Å². The van der Waals surface area contributed by atoms with E-state index in [2.05, 4.69) is 13.8 Å². The molecule has 0 aliphatic heterocycles. The summed E-state index contributed by atoms with van der Waals surface area (Å²) in [5.41, 5.74) is 0.970. The Balaban J connectivity index is 3.21. The molecule has 3 heteroatoms. The zero-order chi connectivity index (χ0) is 7.82. The molecule has 62 valence electrons. The normalized spacial score (nSPS) is 15.0. The van der Waals surface area contributed by atoms with Crippen LogP contribution in [0.1, 0.15) is 39.5 Å². The fourth-order valence-corrected chi connectivity index (χ4v) is 3.71. The van der Waals surface area contributed by atoms with E-state index in [0.717, 1.165) is 16.0 Å². The third-order valence-electron chi connectivity index (χ3n) is 1.95. The van der Waals surface area contributed by atoms with E-state index in [1.54, 1.807) is 0 Å². The molecule has 10 heavy (non-hydrogen) atoms. The molecule has 0 saturated carbocycles. The molecular weight excluding hydrogens is 156 g/mol. The molecule has 0 aromatic heterocycles. The van der Waals surface area contributed by atoms with E-state index in [4.69, 9.17) is 4.12 Å². The van der Waals surface area contributed by atoms with Crippen LogP contribution in [0.3, 0.4) is 0 Å². The highest BCUT2D eigenvalue weighted by Gasteiger charge is 2.04. The van der Waals surface area contributed by atoms with Gasteiger partial charge < -0.3 is 4.12 Å². The van der Waals surface area contributed by atoms with Gasteiger partial charge in [-0.05, 0) is 5.54 Å². The summed E-state index contributed by atoms with van der Waals surface area (Å²) >= 11 is 0. The van der Waals surface area contributed by atoms with Crippen LogP contribution in [0.25, 0.3) is 0 Å². The molecular formula is C7H20OSi2. The van der Waals surface area contributed by atoms with Gasteiger partial charge in [-0.25, -0.2) is 0 Å². The maximum Gasteiger partial charge on any atom is 0.148 e. The smallest absolute Gasteiger partial charge is 0.148 e. The largest absolute Gasteiger partial charge is 0.468 e. The molecule has 0 aromatic carbocycles. The van der Waals surface area contributed by atoms with Crippen LogP contribution in [-0.2, 0) is 4.12 Å². The van der Waals surface area contributed by atoms with Crippen molar-refractivity contribution in [2.24, 2.45) is 0 Å². The van der Waals surface area contributed by atoms with Crippen molar-refractivity contribution in [2.45, 2.75) is 45.1 Å². The Morgan fingerprint density at radius 1 is 1.50 bits per heavy atom. The first-order valence-corrected chi connectivity index (χ1v) is 6.55. The Morgan fingerprint density at radius 3 is 2.60 bits per heavy atom. The van der Waals surface area contributed by atoms with Crippen molar-refractivity contribution in [1.82, 2.24) is 0 Å². The third kappa shape index (κ3) is 5.20. The van der Waals surface area contributed by atoms with Gasteiger partial charge in [-0.2, -0.15) is 0 Å². The zero-order valence-corrected chi connectivity index (χ0v) is 10.9. The summed E-state index contributed by atoms with van der Waals surface area (Å²) < 4.78 is 5.37. The Kier molecular flexibility index (Phi) is 7.80. The van der Waals surface area contributed by atoms with Crippen molar-refractivity contribution >= 4 is 20.2 Å². The maximum atomic E-state index is 5.37. The van der Waals surface area contributed by atoms with Gasteiger partial charge >= 0.3 is 0 Å². The molecule has 0 saturated heterocycles. The fraction of sp³-hybridized carbons (Fsp3) is 1.00. The summed E-state index contributed by atoms with van der Waals surface area (Å²) in [7, 11) is 0.839. The zero-order valence-electron chi connectivity index (χ0n) is 7.52. The van der Waals surface area contributed by atoms with Gasteiger partial charge in [0.2, 0.25) is 0 Å². The van der Waals surface area contributed by atoms with Gasteiger partial charge in [-0.3, -0.25) is 0 Å². The fourth-order valence-electron chi connectivity index (χ4n) is 1.13. The number of rotatable bonds is 6. The highest BCUT2D eigenvalue weighted by Crippen LogP contribution is 2.16. The molecule has 0 radical (unpaired) electrons. The lowest BCUT2D eigenvalue weighted by atomic mass is 10.2. The molecule has 1 unspecified atom stereocenters. The molecule has 0 spiro atoms. The maximum absolute atomic E-state index is 5.37. The molecule has 0 rings (SSSR count). The van der Waals surface area contributed by atoms with Crippen LogP contribution in [0, 0.1) is 0 Å². The summed E-state index contributed by atoms with van der Waals surface area (Å²) in [6, 6.07) is 0. The van der Waals surface area contributed by atoms with E-state index in [9.17, 15) is 0 Å². The lowest BCUT2D eigenvalue weighted by molar-refractivity contribution is 0.578. The number of hydrogen-bond acceptors (Lipinski definition) is 1. The van der Waals surface area contributed by atoms with Gasteiger partial charge in [0.1, 0.15) is 20.2 Å². The summed E-state index contributed by atoms with van der Waals surface area (Å²) in [6.45, 7) is 4.55. The van der Waals surface area contributed by atoms with Gasteiger partial charge in [0.05, 0.1) is 0 Å². The van der Waals surface area contributed by atoms with Crippen molar-refractivity contribution < 1.29 is 4.12 Å². The summed E-state index contributed by atoms with van der Waals surface area (Å²) in [6.07, 6.45) is 5.50. The van der Waals surface area contributed by atoms with Crippen LogP contribution in [0.5, 0.6) is 0 Å². The molecule has 0 bridgehead atoms. The Morgan fingerprint density at radius 2 is 2.20 bits per heavy atom. The van der Waals surface area contributed by atoms with Crippen molar-refractivity contribution in [3.05, 3.63) is 0 Å². The SMILES string of the molecule is CCCCC(CC)[SiH2]O[SiH3]. The molecule has 1 nitrogen and oxygen atoms in total. The topological polar surface area (TPSA) is 9.23 Å². The van der Waals surface area contributed by atoms with Crippen LogP contribution >= 0.6 is 0 Å². The van der Waals surface area contributed by atoms with Gasteiger partial charge in [0.25, 0.3) is 0 Å². The molecule has 0 heterocycles. The molecule has 1 atom stereocenters. The van der Waals surface area contributed by atoms with Crippen molar-refractivity contribution in [2.75, 3.05) is 0 Å². The Bertz CT molecular complexity index is 68.6. The minimum atomic E-state index is -0.123. The van der Waals surface area contributed by atoms with Crippen LogP contribution in [0.15, 0.2) is 0 Å². The molecule has 0 fully saturated rings. The average molecular weight is 176 g/mol. The predicted molar refractivity (Wildman–Crippen MR) is 53.1 cm³/mol. The minimum absolute atomic E-state index is 0.123. The lowest BCUT2D eigenvalue weighted by Gasteiger charge is -2.11. The van der Waals surface area contributed by atoms with Gasteiger partial charge in [-0.1, -0.05) is 39.5 Å². The van der Waals surface area contributed by atoms with Crippen LogP contribution in [-0.4, -0.2) is 20.2 Å². The molecule has 0 aliphatic rings. The van der Waals surface area contributed by atoms with E-state index < -0.39 is 0 Å². The Labute approximate surface area is 70.0 Å². The Hall–Kier alpha value is 0.394. The van der Waals surface area contributed by atoms with Crippen LogP contribution < -0.4 is 0 Å². The van der Waals surface area contributed by atoms with Crippen molar-refractivity contribution in [3.63, 3.8) is 0 Å². The van der Waals surface area contributed by atoms with Crippen LogP contribution in [0.4, 0.5) is 0 Å². The molecule has 0 amide bonds. The van der Waals surface area contributed by atoms with E-state index in [1.165, 1.54) is 25.7 Å². The third-order valence-corrected chi connectivity index (χ3v) is 4.74. The minimum Gasteiger partial charge on any atom is -0.468 e. The first-order valence-electron chi connectivity index (χ1n) is 4.34. The standard InChI is InChI=1S/C7H20OSi2/c1-3-5-6-7(4-2)10-8-9/h7H,3-6,10H2,1-2,9H3. The van der Waals surface area contributed by atoms with E-state index >= 15 is 0 Å². The summed E-state index contributed by atoms with van der Waals surface area (Å²) in [5, 5.41) is 0.